The second-order valence-electron chi connectivity index (χ2n) is 6.81. The highest BCUT2D eigenvalue weighted by atomic mass is 16.5. The molecule has 0 radical (unpaired) electrons. The minimum Gasteiger partial charge on any atom is -0.491 e. The van der Waals surface area contributed by atoms with E-state index in [9.17, 15) is 5.11 Å². The lowest BCUT2D eigenvalue weighted by atomic mass is 9.99. The van der Waals surface area contributed by atoms with Crippen molar-refractivity contribution in [2.45, 2.75) is 39.7 Å². The lowest BCUT2D eigenvalue weighted by molar-refractivity contribution is 0.00333. The topological polar surface area (TPSA) is 41.9 Å². The normalized spacial score (nSPS) is 18.1. The van der Waals surface area contributed by atoms with E-state index < -0.39 is 6.10 Å². The smallest absolute Gasteiger partial charge is 0.119 e. The van der Waals surface area contributed by atoms with Crippen LogP contribution in [0.5, 0.6) is 5.75 Å². The van der Waals surface area contributed by atoms with Gasteiger partial charge in [0.25, 0.3) is 0 Å². The molecule has 4 heteroatoms. The highest BCUT2D eigenvalue weighted by Gasteiger charge is 2.18. The Hall–Kier alpha value is -1.10. The monoisotopic (exact) mass is 321 g/mol. The van der Waals surface area contributed by atoms with E-state index in [0.717, 1.165) is 24.8 Å². The van der Waals surface area contributed by atoms with Crippen LogP contribution in [0.2, 0.25) is 0 Å². The Balaban J connectivity index is 1.55. The summed E-state index contributed by atoms with van der Waals surface area (Å²) in [5, 5.41) is 10.0. The molecule has 0 bridgehead atoms. The molecule has 23 heavy (non-hydrogen) atoms. The Kier molecular flexibility index (Phi) is 7.34. The van der Waals surface area contributed by atoms with E-state index in [0.29, 0.717) is 26.4 Å². The molecule has 1 saturated heterocycles. The Bertz CT molecular complexity index is 470. The molecule has 130 valence electrons. The molecule has 1 aromatic rings. The van der Waals surface area contributed by atoms with Crippen LogP contribution < -0.4 is 4.74 Å². The fourth-order valence-electron chi connectivity index (χ4n) is 2.84. The zero-order valence-corrected chi connectivity index (χ0v) is 14.8. The van der Waals surface area contributed by atoms with Crippen LogP contribution in [0.25, 0.3) is 0 Å². The lowest BCUT2D eigenvalue weighted by Gasteiger charge is -2.31. The number of hydrogen-bond acceptors (Lipinski definition) is 4. The number of aliphatic hydroxyl groups excluding tert-OH is 1. The van der Waals surface area contributed by atoms with Gasteiger partial charge < -0.3 is 19.5 Å². The second-order valence-corrected chi connectivity index (χ2v) is 6.81. The maximum atomic E-state index is 10.0. The van der Waals surface area contributed by atoms with Crippen LogP contribution in [0, 0.1) is 19.8 Å². The van der Waals surface area contributed by atoms with Crippen LogP contribution in [0.4, 0.5) is 0 Å². The van der Waals surface area contributed by atoms with E-state index in [4.69, 9.17) is 9.47 Å². The molecule has 1 aromatic carbocycles. The Morgan fingerprint density at radius 1 is 1.17 bits per heavy atom. The molecule has 0 aromatic heterocycles. The summed E-state index contributed by atoms with van der Waals surface area (Å²) in [7, 11) is 0. The van der Waals surface area contributed by atoms with E-state index in [1.807, 2.05) is 12.1 Å². The summed E-state index contributed by atoms with van der Waals surface area (Å²) < 4.78 is 11.2. The Morgan fingerprint density at radius 2 is 1.91 bits per heavy atom. The van der Waals surface area contributed by atoms with Gasteiger partial charge in [0.1, 0.15) is 12.4 Å². The molecule has 0 aliphatic carbocycles. The molecular formula is C19H31NO3. The molecule has 1 unspecified atom stereocenters. The highest BCUT2D eigenvalue weighted by Crippen LogP contribution is 2.17. The van der Waals surface area contributed by atoms with Crippen LogP contribution in [-0.2, 0) is 4.74 Å². The first kappa shape index (κ1) is 18.2. The minimum absolute atomic E-state index is 0.377. The predicted molar refractivity (Wildman–Crippen MR) is 93.1 cm³/mol. The van der Waals surface area contributed by atoms with E-state index >= 15 is 0 Å². The molecule has 2 rings (SSSR count). The minimum atomic E-state index is -0.412. The summed E-state index contributed by atoms with van der Waals surface area (Å²) in [4.78, 5) is 2.33. The van der Waals surface area contributed by atoms with Crippen molar-refractivity contribution in [2.24, 2.45) is 5.92 Å². The number of nitrogens with zero attached hydrogens (tertiary/aromatic N) is 1. The first-order valence-corrected chi connectivity index (χ1v) is 8.73. The van der Waals surface area contributed by atoms with E-state index in [2.05, 4.69) is 31.7 Å². The van der Waals surface area contributed by atoms with Gasteiger partial charge >= 0.3 is 0 Å². The van der Waals surface area contributed by atoms with Crippen molar-refractivity contribution < 1.29 is 14.6 Å². The summed E-state index contributed by atoms with van der Waals surface area (Å²) in [5.74, 6) is 1.70. The van der Waals surface area contributed by atoms with Gasteiger partial charge in [-0.1, -0.05) is 13.0 Å². The van der Waals surface area contributed by atoms with E-state index in [1.165, 1.54) is 24.0 Å². The highest BCUT2D eigenvalue weighted by molar-refractivity contribution is 5.33. The van der Waals surface area contributed by atoms with Gasteiger partial charge in [0, 0.05) is 6.54 Å². The van der Waals surface area contributed by atoms with Crippen LogP contribution in [0.15, 0.2) is 18.2 Å². The van der Waals surface area contributed by atoms with Gasteiger partial charge in [-0.15, -0.1) is 0 Å². The predicted octanol–water partition coefficient (Wildman–Crippen LogP) is 2.79. The number of likely N-dealkylation sites (tertiary alicyclic amines) is 1. The number of ether oxygens (including phenoxy) is 2. The molecule has 4 nitrogen and oxygen atoms in total. The lowest BCUT2D eigenvalue weighted by Crippen LogP contribution is -2.40. The van der Waals surface area contributed by atoms with Crippen molar-refractivity contribution in [1.82, 2.24) is 4.90 Å². The fraction of sp³-hybridized carbons (Fsp3) is 0.684. The van der Waals surface area contributed by atoms with Gasteiger partial charge in [-0.25, -0.2) is 0 Å². The largest absolute Gasteiger partial charge is 0.491 e. The van der Waals surface area contributed by atoms with Crippen LogP contribution in [0.1, 0.15) is 30.9 Å². The fourth-order valence-corrected chi connectivity index (χ4v) is 2.84. The number of piperidine rings is 1. The van der Waals surface area contributed by atoms with Crippen molar-refractivity contribution in [2.75, 3.05) is 39.5 Å². The second kappa shape index (κ2) is 9.26. The Morgan fingerprint density at radius 3 is 2.61 bits per heavy atom. The van der Waals surface area contributed by atoms with Gasteiger partial charge in [-0.05, 0) is 69.0 Å². The molecule has 1 heterocycles. The molecule has 0 spiro atoms. The Labute approximate surface area is 140 Å². The van der Waals surface area contributed by atoms with Crippen LogP contribution in [0.3, 0.4) is 0 Å². The van der Waals surface area contributed by atoms with E-state index in [1.54, 1.807) is 0 Å². The first-order chi connectivity index (χ1) is 11.0. The molecule has 0 amide bonds. The molecule has 0 saturated carbocycles. The van der Waals surface area contributed by atoms with E-state index in [-0.39, 0.29) is 0 Å². The number of rotatable bonds is 8. The standard InChI is InChI=1S/C19H31NO3/c1-15-6-8-20(9-7-15)13-18(21)14-22-10-11-23-19-5-4-16(2)17(3)12-19/h4-5,12,15,18,21H,6-11,13-14H2,1-3H3. The average molecular weight is 321 g/mol. The van der Waals surface area contributed by atoms with Crippen LogP contribution in [-0.4, -0.2) is 55.6 Å². The summed E-state index contributed by atoms with van der Waals surface area (Å²) in [6.07, 6.45) is 2.06. The third-order valence-electron chi connectivity index (χ3n) is 4.63. The molecule has 1 aliphatic heterocycles. The number of hydrogen-bond donors (Lipinski definition) is 1. The van der Waals surface area contributed by atoms with Crippen molar-refractivity contribution in [3.63, 3.8) is 0 Å². The zero-order chi connectivity index (χ0) is 16.7. The number of aliphatic hydroxyl groups is 1. The van der Waals surface area contributed by atoms with Gasteiger partial charge in [-0.3, -0.25) is 0 Å². The quantitative estimate of drug-likeness (QED) is 0.748. The van der Waals surface area contributed by atoms with Crippen molar-refractivity contribution in [3.8, 4) is 5.75 Å². The van der Waals surface area contributed by atoms with Gasteiger partial charge in [0.2, 0.25) is 0 Å². The SMILES string of the molecule is Cc1ccc(OCCOCC(O)CN2CCC(C)CC2)cc1C. The van der Waals surface area contributed by atoms with Crippen molar-refractivity contribution >= 4 is 0 Å². The molecule has 1 atom stereocenters. The first-order valence-electron chi connectivity index (χ1n) is 8.73. The number of benzene rings is 1. The van der Waals surface area contributed by atoms with Gasteiger partial charge in [-0.2, -0.15) is 0 Å². The van der Waals surface area contributed by atoms with Crippen molar-refractivity contribution in [3.05, 3.63) is 29.3 Å². The molecule has 1 N–H and O–H groups in total. The summed E-state index contributed by atoms with van der Waals surface area (Å²) in [6.45, 7) is 10.8. The summed E-state index contributed by atoms with van der Waals surface area (Å²) in [6, 6.07) is 6.09. The van der Waals surface area contributed by atoms with Crippen molar-refractivity contribution in [1.29, 1.82) is 0 Å². The zero-order valence-electron chi connectivity index (χ0n) is 14.8. The maximum Gasteiger partial charge on any atom is 0.119 e. The summed E-state index contributed by atoms with van der Waals surface area (Å²) >= 11 is 0. The maximum absolute atomic E-state index is 10.0. The number of β-amino-alcohol motifs (C(OH)–C–C–N with tert-alkyl or cyclic N) is 1. The molecular weight excluding hydrogens is 290 g/mol. The van der Waals surface area contributed by atoms with Gasteiger partial charge in [0.05, 0.1) is 19.3 Å². The molecule has 1 aliphatic rings. The third-order valence-corrected chi connectivity index (χ3v) is 4.63. The number of aryl methyl sites for hydroxylation is 2. The average Bonchev–Trinajstić information content (AvgIpc) is 2.53. The molecule has 1 fully saturated rings. The van der Waals surface area contributed by atoms with Crippen LogP contribution >= 0.6 is 0 Å². The summed E-state index contributed by atoms with van der Waals surface area (Å²) in [5.41, 5.74) is 2.50. The third kappa shape index (κ3) is 6.50. The van der Waals surface area contributed by atoms with Gasteiger partial charge in [0.15, 0.2) is 0 Å².